The molecule has 2 rings (SSSR count). The minimum atomic E-state index is -0.465. The maximum atomic E-state index is 13.5. The summed E-state index contributed by atoms with van der Waals surface area (Å²) in [6.07, 6.45) is 0. The van der Waals surface area contributed by atoms with Gasteiger partial charge in [-0.05, 0) is 35.4 Å². The molecule has 0 amide bonds. The lowest BCUT2D eigenvalue weighted by atomic mass is 9.99. The second kappa shape index (κ2) is 6.02. The van der Waals surface area contributed by atoms with E-state index < -0.39 is 5.82 Å². The molecule has 0 spiro atoms. The van der Waals surface area contributed by atoms with Crippen molar-refractivity contribution in [2.24, 2.45) is 5.84 Å². The first kappa shape index (κ1) is 13.8. The molecule has 0 aliphatic rings. The molecule has 3 N–H and O–H groups in total. The number of halogens is 2. The Morgan fingerprint density at radius 3 is 2.32 bits per heavy atom. The van der Waals surface area contributed by atoms with E-state index in [0.29, 0.717) is 5.56 Å². The van der Waals surface area contributed by atoms with Crippen molar-refractivity contribution in [3.05, 3.63) is 64.4 Å². The summed E-state index contributed by atoms with van der Waals surface area (Å²) in [4.78, 5) is 0. The summed E-state index contributed by atoms with van der Waals surface area (Å²) in [5, 5.41) is 0.0919. The standard InChI is InChI=1S/C14H14ClFN2O/c1-19-11-5-2-9(3-6-11)14(18-17)10-4-7-12(15)13(16)8-10/h2-8,14,18H,17H2,1H3. The second-order valence-corrected chi connectivity index (χ2v) is 4.45. The Labute approximate surface area is 116 Å². The molecule has 2 aromatic rings. The topological polar surface area (TPSA) is 47.3 Å². The van der Waals surface area contributed by atoms with Crippen LogP contribution in [-0.4, -0.2) is 7.11 Å². The lowest BCUT2D eigenvalue weighted by molar-refractivity contribution is 0.414. The quantitative estimate of drug-likeness (QED) is 0.668. The summed E-state index contributed by atoms with van der Waals surface area (Å²) in [7, 11) is 1.60. The zero-order valence-electron chi connectivity index (χ0n) is 10.4. The largest absolute Gasteiger partial charge is 0.497 e. The van der Waals surface area contributed by atoms with E-state index in [1.807, 2.05) is 24.3 Å². The first-order valence-corrected chi connectivity index (χ1v) is 6.08. The molecule has 0 radical (unpaired) electrons. The number of nitrogens with two attached hydrogens (primary N) is 1. The summed E-state index contributed by atoms with van der Waals surface area (Å²) < 4.78 is 18.6. The first-order valence-electron chi connectivity index (χ1n) is 5.70. The highest BCUT2D eigenvalue weighted by atomic mass is 35.5. The molecule has 2 aromatic carbocycles. The van der Waals surface area contributed by atoms with Gasteiger partial charge in [-0.25, -0.2) is 9.82 Å². The van der Waals surface area contributed by atoms with Crippen LogP contribution in [0.5, 0.6) is 5.75 Å². The summed E-state index contributed by atoms with van der Waals surface area (Å²) >= 11 is 5.67. The number of rotatable bonds is 4. The minimum absolute atomic E-state index is 0.0919. The molecule has 19 heavy (non-hydrogen) atoms. The number of nitrogens with one attached hydrogen (secondary N) is 1. The van der Waals surface area contributed by atoms with Crippen LogP contribution >= 0.6 is 11.6 Å². The third kappa shape index (κ3) is 3.04. The predicted octanol–water partition coefficient (Wildman–Crippen LogP) is 3.04. The van der Waals surface area contributed by atoms with Gasteiger partial charge >= 0.3 is 0 Å². The van der Waals surface area contributed by atoms with Gasteiger partial charge in [-0.1, -0.05) is 29.8 Å². The van der Waals surface area contributed by atoms with E-state index in [0.717, 1.165) is 11.3 Å². The van der Waals surface area contributed by atoms with Gasteiger partial charge < -0.3 is 4.74 Å². The summed E-state index contributed by atoms with van der Waals surface area (Å²) in [6.45, 7) is 0. The van der Waals surface area contributed by atoms with Crippen LogP contribution in [0.3, 0.4) is 0 Å². The van der Waals surface area contributed by atoms with Crippen molar-refractivity contribution in [1.82, 2.24) is 5.43 Å². The average molecular weight is 281 g/mol. The molecule has 0 bridgehead atoms. The number of benzene rings is 2. The number of ether oxygens (including phenoxy) is 1. The van der Waals surface area contributed by atoms with Crippen molar-refractivity contribution in [3.8, 4) is 5.75 Å². The van der Waals surface area contributed by atoms with Crippen LogP contribution in [-0.2, 0) is 0 Å². The Balaban J connectivity index is 2.34. The molecule has 1 atom stereocenters. The van der Waals surface area contributed by atoms with Crippen molar-refractivity contribution in [2.75, 3.05) is 7.11 Å². The Morgan fingerprint density at radius 2 is 1.79 bits per heavy atom. The molecule has 0 saturated heterocycles. The number of hydrazine groups is 1. The minimum Gasteiger partial charge on any atom is -0.497 e. The van der Waals surface area contributed by atoms with Crippen molar-refractivity contribution in [3.63, 3.8) is 0 Å². The molecule has 0 aliphatic heterocycles. The van der Waals surface area contributed by atoms with Gasteiger partial charge in [0.15, 0.2) is 0 Å². The molecule has 100 valence electrons. The van der Waals surface area contributed by atoms with E-state index in [4.69, 9.17) is 22.2 Å². The van der Waals surface area contributed by atoms with Gasteiger partial charge in [-0.15, -0.1) is 0 Å². The number of hydrogen-bond donors (Lipinski definition) is 2. The van der Waals surface area contributed by atoms with Gasteiger partial charge in [0.25, 0.3) is 0 Å². The van der Waals surface area contributed by atoms with Gasteiger partial charge in [0.2, 0.25) is 0 Å². The van der Waals surface area contributed by atoms with Gasteiger partial charge in [-0.3, -0.25) is 5.84 Å². The summed E-state index contributed by atoms with van der Waals surface area (Å²) in [6, 6.07) is 11.7. The maximum Gasteiger partial charge on any atom is 0.142 e. The lowest BCUT2D eigenvalue weighted by Gasteiger charge is -2.17. The van der Waals surface area contributed by atoms with Crippen molar-refractivity contribution < 1.29 is 9.13 Å². The Bertz CT molecular complexity index is 560. The van der Waals surface area contributed by atoms with Gasteiger partial charge in [0.05, 0.1) is 18.2 Å². The normalized spacial score (nSPS) is 12.2. The zero-order chi connectivity index (χ0) is 13.8. The number of methoxy groups -OCH3 is 1. The van der Waals surface area contributed by atoms with Gasteiger partial charge in [0, 0.05) is 0 Å². The third-order valence-corrected chi connectivity index (χ3v) is 3.20. The molecular weight excluding hydrogens is 267 g/mol. The van der Waals surface area contributed by atoms with Crippen LogP contribution in [0, 0.1) is 5.82 Å². The highest BCUT2D eigenvalue weighted by molar-refractivity contribution is 6.30. The van der Waals surface area contributed by atoms with E-state index in [9.17, 15) is 4.39 Å². The third-order valence-electron chi connectivity index (χ3n) is 2.89. The van der Waals surface area contributed by atoms with Crippen molar-refractivity contribution in [1.29, 1.82) is 0 Å². The molecular formula is C14H14ClFN2O. The van der Waals surface area contributed by atoms with Crippen LogP contribution in [0.25, 0.3) is 0 Å². The van der Waals surface area contributed by atoms with Crippen LogP contribution in [0.2, 0.25) is 5.02 Å². The Kier molecular flexibility index (Phi) is 4.37. The summed E-state index contributed by atoms with van der Waals surface area (Å²) in [5.41, 5.74) is 4.28. The molecule has 0 saturated carbocycles. The van der Waals surface area contributed by atoms with E-state index in [1.54, 1.807) is 13.2 Å². The Hall–Kier alpha value is -1.62. The Morgan fingerprint density at radius 1 is 1.16 bits per heavy atom. The van der Waals surface area contributed by atoms with E-state index >= 15 is 0 Å². The van der Waals surface area contributed by atoms with E-state index in [1.165, 1.54) is 12.1 Å². The first-order chi connectivity index (χ1) is 9.15. The van der Waals surface area contributed by atoms with E-state index in [2.05, 4.69) is 5.43 Å². The highest BCUT2D eigenvalue weighted by Crippen LogP contribution is 2.26. The zero-order valence-corrected chi connectivity index (χ0v) is 11.1. The monoisotopic (exact) mass is 280 g/mol. The molecule has 5 heteroatoms. The molecule has 1 unspecified atom stereocenters. The fraction of sp³-hybridized carbons (Fsp3) is 0.143. The molecule has 0 fully saturated rings. The predicted molar refractivity (Wildman–Crippen MR) is 73.6 cm³/mol. The SMILES string of the molecule is COc1ccc(C(NN)c2ccc(Cl)c(F)c2)cc1. The average Bonchev–Trinajstić information content (AvgIpc) is 2.44. The van der Waals surface area contributed by atoms with E-state index in [-0.39, 0.29) is 11.1 Å². The lowest BCUT2D eigenvalue weighted by Crippen LogP contribution is -2.28. The maximum absolute atomic E-state index is 13.5. The van der Waals surface area contributed by atoms with Crippen LogP contribution in [0.1, 0.15) is 17.2 Å². The van der Waals surface area contributed by atoms with Gasteiger partial charge in [-0.2, -0.15) is 0 Å². The second-order valence-electron chi connectivity index (χ2n) is 4.05. The van der Waals surface area contributed by atoms with Crippen molar-refractivity contribution in [2.45, 2.75) is 6.04 Å². The number of hydrogen-bond acceptors (Lipinski definition) is 3. The molecule has 0 heterocycles. The smallest absolute Gasteiger partial charge is 0.142 e. The summed E-state index contributed by atoms with van der Waals surface area (Å²) in [5.74, 6) is 5.85. The van der Waals surface area contributed by atoms with Crippen LogP contribution < -0.4 is 16.0 Å². The highest BCUT2D eigenvalue weighted by Gasteiger charge is 2.14. The molecule has 0 aliphatic carbocycles. The fourth-order valence-corrected chi connectivity index (χ4v) is 1.99. The van der Waals surface area contributed by atoms with Crippen molar-refractivity contribution >= 4 is 11.6 Å². The molecule has 0 aromatic heterocycles. The van der Waals surface area contributed by atoms with Gasteiger partial charge in [0.1, 0.15) is 11.6 Å². The molecule has 3 nitrogen and oxygen atoms in total. The van der Waals surface area contributed by atoms with Crippen LogP contribution in [0.15, 0.2) is 42.5 Å². The van der Waals surface area contributed by atoms with Crippen LogP contribution in [0.4, 0.5) is 4.39 Å². The fourth-order valence-electron chi connectivity index (χ4n) is 1.87.